The molecule has 4 aromatic rings. The first-order chi connectivity index (χ1) is 16.3. The predicted molar refractivity (Wildman–Crippen MR) is 140 cm³/mol. The van der Waals surface area contributed by atoms with Crippen LogP contribution in [0.15, 0.2) is 35.6 Å². The zero-order valence-electron chi connectivity index (χ0n) is 19.9. The molecule has 3 aromatic heterocycles. The minimum atomic E-state index is -1.11. The van der Waals surface area contributed by atoms with Crippen molar-refractivity contribution in [1.82, 2.24) is 19.5 Å². The summed E-state index contributed by atoms with van der Waals surface area (Å²) in [7, 11) is -1.11. The number of hydrogen-bond donors (Lipinski definition) is 2. The van der Waals surface area contributed by atoms with Gasteiger partial charge in [-0.25, -0.2) is 9.97 Å². The summed E-state index contributed by atoms with van der Waals surface area (Å²) in [4.78, 5) is 27.8. The molecular formula is C24H31N5O3SSi. The Hall–Kier alpha value is -2.53. The molecule has 10 heteroatoms. The Morgan fingerprint density at radius 3 is 2.91 bits per heavy atom. The van der Waals surface area contributed by atoms with Gasteiger partial charge in [0.25, 0.3) is 5.56 Å². The minimum absolute atomic E-state index is 0.129. The Labute approximate surface area is 203 Å². The highest BCUT2D eigenvalue weighted by atomic mass is 32.1. The van der Waals surface area contributed by atoms with E-state index in [9.17, 15) is 9.90 Å². The maximum Gasteiger partial charge on any atom is 0.261 e. The number of benzene rings is 1. The van der Waals surface area contributed by atoms with Crippen molar-refractivity contribution in [2.45, 2.75) is 38.8 Å². The van der Waals surface area contributed by atoms with Gasteiger partial charge >= 0.3 is 0 Å². The highest BCUT2D eigenvalue weighted by Crippen LogP contribution is 2.43. The molecule has 0 spiro atoms. The number of ether oxygens (including phenoxy) is 1. The van der Waals surface area contributed by atoms with Crippen LogP contribution in [0.25, 0.3) is 32.4 Å². The lowest BCUT2D eigenvalue weighted by molar-refractivity contribution is 0.0898. The van der Waals surface area contributed by atoms with Gasteiger partial charge in [-0.15, -0.1) is 11.3 Å². The first-order valence-corrected chi connectivity index (χ1v) is 16.3. The van der Waals surface area contributed by atoms with Gasteiger partial charge in [-0.3, -0.25) is 4.79 Å². The number of nitrogens with zero attached hydrogens (tertiary/aromatic N) is 4. The smallest absolute Gasteiger partial charge is 0.261 e. The second-order valence-corrected chi connectivity index (χ2v) is 16.9. The molecule has 1 atom stereocenters. The van der Waals surface area contributed by atoms with Crippen molar-refractivity contribution in [3.05, 3.63) is 41.2 Å². The molecule has 34 heavy (non-hydrogen) atoms. The van der Waals surface area contributed by atoms with Crippen LogP contribution in [-0.4, -0.2) is 59.0 Å². The summed E-state index contributed by atoms with van der Waals surface area (Å²) in [6.45, 7) is 10.1. The van der Waals surface area contributed by atoms with E-state index in [-0.39, 0.29) is 18.1 Å². The minimum Gasteiger partial charge on any atom is -0.396 e. The number of aliphatic hydroxyl groups excluding tert-OH is 1. The van der Waals surface area contributed by atoms with Crippen molar-refractivity contribution in [3.8, 4) is 10.4 Å². The van der Waals surface area contributed by atoms with E-state index in [0.29, 0.717) is 17.6 Å². The molecule has 8 nitrogen and oxygen atoms in total. The normalized spacial score (nSPS) is 16.8. The molecule has 0 saturated carbocycles. The molecule has 5 rings (SSSR count). The van der Waals surface area contributed by atoms with E-state index in [0.717, 1.165) is 58.6 Å². The zero-order chi connectivity index (χ0) is 23.9. The number of aromatic nitrogens is 4. The standard InChI is InChI=1S/C24H31N5O3SSi/c1-34(2,3)9-8-32-15-29-14-27-18-10-17(4-5-19(18)29)22-21-20(23(31)26-13-25-21)24(33-22)28-7-6-16(11-28)12-30/h4-5,10,13-14,16,30H,6-9,11-12,15H2,1-3H3,(H,25,26,31)/t16-/m0/s1. The number of anilines is 1. The molecule has 1 saturated heterocycles. The number of hydrogen-bond acceptors (Lipinski definition) is 7. The largest absolute Gasteiger partial charge is 0.396 e. The first-order valence-electron chi connectivity index (χ1n) is 11.7. The number of thiophene rings is 1. The van der Waals surface area contributed by atoms with Crippen molar-refractivity contribution >= 4 is 46.3 Å². The van der Waals surface area contributed by atoms with Crippen LogP contribution < -0.4 is 10.5 Å². The summed E-state index contributed by atoms with van der Waals surface area (Å²) in [5.74, 6) is 0.240. The van der Waals surface area contributed by atoms with Gasteiger partial charge in [0.05, 0.1) is 34.1 Å². The summed E-state index contributed by atoms with van der Waals surface area (Å²) < 4.78 is 7.95. The summed E-state index contributed by atoms with van der Waals surface area (Å²) >= 11 is 1.59. The quantitative estimate of drug-likeness (QED) is 0.281. The van der Waals surface area contributed by atoms with Crippen LogP contribution in [-0.2, 0) is 11.5 Å². The summed E-state index contributed by atoms with van der Waals surface area (Å²) in [5.41, 5.74) is 3.49. The molecule has 1 fully saturated rings. The molecule has 1 aromatic carbocycles. The van der Waals surface area contributed by atoms with E-state index < -0.39 is 8.07 Å². The van der Waals surface area contributed by atoms with Gasteiger partial charge in [0.2, 0.25) is 0 Å². The topological polar surface area (TPSA) is 96.3 Å². The maximum atomic E-state index is 12.8. The summed E-state index contributed by atoms with van der Waals surface area (Å²) in [5, 5.41) is 11.1. The van der Waals surface area contributed by atoms with Crippen LogP contribution in [0.4, 0.5) is 5.00 Å². The van der Waals surface area contributed by atoms with Gasteiger partial charge in [0, 0.05) is 40.3 Å². The average molecular weight is 498 g/mol. The molecule has 0 unspecified atom stereocenters. The second kappa shape index (κ2) is 9.25. The van der Waals surface area contributed by atoms with Crippen molar-refractivity contribution in [3.63, 3.8) is 0 Å². The van der Waals surface area contributed by atoms with E-state index in [1.54, 1.807) is 11.3 Å². The van der Waals surface area contributed by atoms with Gasteiger partial charge in [-0.05, 0) is 30.2 Å². The first kappa shape index (κ1) is 23.2. The van der Waals surface area contributed by atoms with Crippen LogP contribution in [0.5, 0.6) is 0 Å². The number of fused-ring (bicyclic) bond motifs is 2. The van der Waals surface area contributed by atoms with Gasteiger partial charge in [0.1, 0.15) is 17.1 Å². The van der Waals surface area contributed by atoms with Crippen molar-refractivity contribution in [1.29, 1.82) is 0 Å². The molecule has 4 heterocycles. The molecule has 1 aliphatic rings. The number of H-pyrrole nitrogens is 1. The Bertz CT molecular complexity index is 1370. The molecule has 180 valence electrons. The molecule has 0 amide bonds. The fourth-order valence-electron chi connectivity index (χ4n) is 4.40. The lowest BCUT2D eigenvalue weighted by atomic mass is 10.1. The second-order valence-electron chi connectivity index (χ2n) is 10.2. The number of aliphatic hydroxyl groups is 1. The van der Waals surface area contributed by atoms with Crippen LogP contribution in [0, 0.1) is 5.92 Å². The number of aromatic amines is 1. The third-order valence-electron chi connectivity index (χ3n) is 6.42. The van der Waals surface area contributed by atoms with Crippen LogP contribution in [0.3, 0.4) is 0 Å². The number of imidazole rings is 1. The fraction of sp³-hybridized carbons (Fsp3) is 0.458. The summed E-state index contributed by atoms with van der Waals surface area (Å²) in [6, 6.07) is 7.34. The fourth-order valence-corrected chi connectivity index (χ4v) is 6.43. The highest BCUT2D eigenvalue weighted by Gasteiger charge is 2.27. The molecule has 0 bridgehead atoms. The molecule has 0 aliphatic carbocycles. The molecule has 2 N–H and O–H groups in total. The van der Waals surface area contributed by atoms with Crippen LogP contribution in [0.1, 0.15) is 6.42 Å². The Balaban J connectivity index is 1.46. The van der Waals surface area contributed by atoms with Crippen molar-refractivity contribution < 1.29 is 9.84 Å². The Kier molecular flexibility index (Phi) is 6.32. The van der Waals surface area contributed by atoms with Gasteiger partial charge in [-0.1, -0.05) is 25.7 Å². The number of nitrogens with one attached hydrogen (secondary N) is 1. The van der Waals surface area contributed by atoms with E-state index in [1.165, 1.54) is 6.33 Å². The average Bonchev–Trinajstić information content (AvgIpc) is 3.52. The van der Waals surface area contributed by atoms with Crippen LogP contribution in [0.2, 0.25) is 25.7 Å². The zero-order valence-corrected chi connectivity index (χ0v) is 21.7. The van der Waals surface area contributed by atoms with Crippen molar-refractivity contribution in [2.24, 2.45) is 5.92 Å². The lowest BCUT2D eigenvalue weighted by Gasteiger charge is -2.16. The third kappa shape index (κ3) is 4.55. The predicted octanol–water partition coefficient (Wildman–Crippen LogP) is 4.13. The van der Waals surface area contributed by atoms with Gasteiger partial charge in [-0.2, -0.15) is 0 Å². The molecule has 0 radical (unpaired) electrons. The van der Waals surface area contributed by atoms with Crippen molar-refractivity contribution in [2.75, 3.05) is 31.2 Å². The summed E-state index contributed by atoms with van der Waals surface area (Å²) in [6.07, 6.45) is 4.21. The Morgan fingerprint density at radius 1 is 1.29 bits per heavy atom. The van der Waals surface area contributed by atoms with Gasteiger partial charge < -0.3 is 24.3 Å². The van der Waals surface area contributed by atoms with E-state index in [2.05, 4.69) is 57.7 Å². The Morgan fingerprint density at radius 2 is 2.15 bits per heavy atom. The van der Waals surface area contributed by atoms with E-state index in [1.807, 2.05) is 10.9 Å². The lowest BCUT2D eigenvalue weighted by Crippen LogP contribution is -2.21. The highest BCUT2D eigenvalue weighted by molar-refractivity contribution is 7.21. The third-order valence-corrected chi connectivity index (χ3v) is 9.42. The van der Waals surface area contributed by atoms with E-state index in [4.69, 9.17) is 4.74 Å². The molecule has 1 aliphatic heterocycles. The number of rotatable bonds is 8. The maximum absolute atomic E-state index is 12.8. The SMILES string of the molecule is C[Si](C)(C)CCOCn1cnc2cc(-c3sc(N4CC[C@H](CO)C4)c4c(=O)[nH]cnc34)ccc21. The van der Waals surface area contributed by atoms with E-state index >= 15 is 0 Å². The monoisotopic (exact) mass is 497 g/mol. The van der Waals surface area contributed by atoms with Crippen LogP contribution >= 0.6 is 11.3 Å². The van der Waals surface area contributed by atoms with Gasteiger partial charge in [0.15, 0.2) is 0 Å². The molecular weight excluding hydrogens is 466 g/mol.